The molecule has 112 valence electrons. The van der Waals surface area contributed by atoms with Crippen molar-refractivity contribution in [2.24, 2.45) is 0 Å². The van der Waals surface area contributed by atoms with Gasteiger partial charge < -0.3 is 0 Å². The Morgan fingerprint density at radius 3 is 2.50 bits per heavy atom. The Kier molecular flexibility index (Phi) is 3.75. The molecule has 6 N–H and O–H groups in total. The standard InChI is InChI=1S/C9H14N2O7P2/c12-9(19(13,14)15,20(16,17)18)5-7-6-10-8-3-1-2-4-11(7)8/h1-4,6,12-15,19H,5H2,(H2,16,17,18). The summed E-state index contributed by atoms with van der Waals surface area (Å²) in [4.78, 5) is 49.9. The zero-order valence-corrected chi connectivity index (χ0v) is 11.9. The van der Waals surface area contributed by atoms with Crippen LogP contribution in [0.2, 0.25) is 0 Å². The zero-order valence-electron chi connectivity index (χ0n) is 10.0. The van der Waals surface area contributed by atoms with Crippen molar-refractivity contribution in [2.45, 2.75) is 11.5 Å². The van der Waals surface area contributed by atoms with Crippen LogP contribution in [0.1, 0.15) is 5.69 Å². The molecule has 0 radical (unpaired) electrons. The van der Waals surface area contributed by atoms with Crippen LogP contribution in [0.3, 0.4) is 0 Å². The van der Waals surface area contributed by atoms with Gasteiger partial charge in [0.05, 0.1) is 0 Å². The summed E-state index contributed by atoms with van der Waals surface area (Å²) >= 11 is 0. The van der Waals surface area contributed by atoms with Crippen molar-refractivity contribution in [1.82, 2.24) is 9.38 Å². The minimum absolute atomic E-state index is 0.112. The first-order valence-corrected chi connectivity index (χ1v) is 8.88. The third-order valence-corrected chi connectivity index (χ3v) is 7.09. The molecular formula is C9H14N2O7P2. The van der Waals surface area contributed by atoms with Crippen LogP contribution in [-0.2, 0) is 11.0 Å². The van der Waals surface area contributed by atoms with Gasteiger partial charge in [0.2, 0.25) is 0 Å². The van der Waals surface area contributed by atoms with Crippen LogP contribution in [0.5, 0.6) is 0 Å². The Labute approximate surface area is 113 Å². The molecule has 0 saturated carbocycles. The van der Waals surface area contributed by atoms with E-state index in [0.29, 0.717) is 5.65 Å². The summed E-state index contributed by atoms with van der Waals surface area (Å²) in [6.45, 7) is 0. The Morgan fingerprint density at radius 2 is 1.95 bits per heavy atom. The van der Waals surface area contributed by atoms with Crippen LogP contribution in [-0.4, -0.2) is 44.0 Å². The summed E-state index contributed by atoms with van der Waals surface area (Å²) < 4.78 is 12.7. The van der Waals surface area contributed by atoms with Gasteiger partial charge in [-0.05, 0) is 0 Å². The van der Waals surface area contributed by atoms with Gasteiger partial charge in [-0.2, -0.15) is 0 Å². The maximum absolute atomic E-state index is 11.3. The number of hydrogen-bond acceptors (Lipinski definition) is 6. The topological polar surface area (TPSA) is 156 Å². The molecule has 11 heteroatoms. The van der Waals surface area contributed by atoms with Gasteiger partial charge in [-0.25, -0.2) is 0 Å². The molecule has 0 aliphatic heterocycles. The minimum atomic E-state index is -5.54. The van der Waals surface area contributed by atoms with E-state index >= 15 is 0 Å². The van der Waals surface area contributed by atoms with Gasteiger partial charge in [0.25, 0.3) is 0 Å². The molecule has 0 amide bonds. The summed E-state index contributed by atoms with van der Waals surface area (Å²) in [5, 5.41) is 6.58. The van der Waals surface area contributed by atoms with Gasteiger partial charge in [0.15, 0.2) is 0 Å². The maximum atomic E-state index is 11.3. The summed E-state index contributed by atoms with van der Waals surface area (Å²) in [5.74, 6) is 0. The van der Waals surface area contributed by atoms with Crippen molar-refractivity contribution in [3.63, 3.8) is 0 Å². The van der Waals surface area contributed by atoms with E-state index in [-0.39, 0.29) is 5.69 Å². The van der Waals surface area contributed by atoms with E-state index in [4.69, 9.17) is 9.79 Å². The molecule has 20 heavy (non-hydrogen) atoms. The monoisotopic (exact) mass is 324 g/mol. The van der Waals surface area contributed by atoms with Crippen LogP contribution in [0.15, 0.2) is 30.6 Å². The average Bonchev–Trinajstić information content (AvgIpc) is 2.70. The predicted octanol–water partition coefficient (Wildman–Crippen LogP) is -0.828. The van der Waals surface area contributed by atoms with Crippen molar-refractivity contribution in [2.75, 3.05) is 0 Å². The number of hydrogen-bond donors (Lipinski definition) is 6. The summed E-state index contributed by atoms with van der Waals surface area (Å²) in [5.41, 5.74) is 0.553. The molecule has 0 saturated heterocycles. The van der Waals surface area contributed by atoms with Crippen molar-refractivity contribution in [1.29, 1.82) is 0 Å². The number of fused-ring (bicyclic) bond motifs is 1. The second-order valence-electron chi connectivity index (χ2n) is 4.35. The van der Waals surface area contributed by atoms with Gasteiger partial charge in [-0.3, -0.25) is 0 Å². The molecule has 2 heterocycles. The van der Waals surface area contributed by atoms with Gasteiger partial charge in [-0.15, -0.1) is 0 Å². The number of nitrogens with zero attached hydrogens (tertiary/aromatic N) is 2. The van der Waals surface area contributed by atoms with Crippen LogP contribution in [0.25, 0.3) is 5.65 Å². The van der Waals surface area contributed by atoms with E-state index in [0.717, 1.165) is 0 Å². The van der Waals surface area contributed by atoms with Gasteiger partial charge in [-0.1, -0.05) is 0 Å². The second-order valence-corrected chi connectivity index (χ2v) is 8.70. The van der Waals surface area contributed by atoms with Gasteiger partial charge >= 0.3 is 113 Å². The van der Waals surface area contributed by atoms with Crippen LogP contribution in [0.4, 0.5) is 0 Å². The SMILES string of the molecule is O=P(O)(O)C(O)(Cc1cnc2ccccn12)[PH](O)(O)O. The molecule has 0 aliphatic rings. The molecule has 0 fully saturated rings. The van der Waals surface area contributed by atoms with E-state index in [1.807, 2.05) is 0 Å². The third kappa shape index (κ3) is 2.50. The molecular weight excluding hydrogens is 310 g/mol. The van der Waals surface area contributed by atoms with Crippen LogP contribution >= 0.6 is 15.5 Å². The summed E-state index contributed by atoms with van der Waals surface area (Å²) in [6.07, 6.45) is 1.88. The van der Waals surface area contributed by atoms with Crippen LogP contribution in [0, 0.1) is 0 Å². The fourth-order valence-electron chi connectivity index (χ4n) is 1.79. The Morgan fingerprint density at radius 1 is 1.30 bits per heavy atom. The molecule has 1 atom stereocenters. The van der Waals surface area contributed by atoms with E-state index in [2.05, 4.69) is 4.98 Å². The first-order valence-electron chi connectivity index (χ1n) is 5.42. The fourth-order valence-corrected chi connectivity index (χ4v) is 4.13. The molecule has 0 aliphatic carbocycles. The predicted molar refractivity (Wildman–Crippen MR) is 70.9 cm³/mol. The van der Waals surface area contributed by atoms with E-state index in [9.17, 15) is 24.4 Å². The van der Waals surface area contributed by atoms with Crippen LogP contribution < -0.4 is 0 Å². The average molecular weight is 324 g/mol. The quantitative estimate of drug-likeness (QED) is 0.398. The summed E-state index contributed by atoms with van der Waals surface area (Å²) in [6, 6.07) is 4.92. The Bertz CT molecular complexity index is 676. The van der Waals surface area contributed by atoms with E-state index < -0.39 is 27.0 Å². The molecule has 9 nitrogen and oxygen atoms in total. The number of rotatable bonds is 4. The molecule has 1 unspecified atom stereocenters. The van der Waals surface area contributed by atoms with E-state index in [1.165, 1.54) is 16.8 Å². The van der Waals surface area contributed by atoms with Gasteiger partial charge in [0, 0.05) is 0 Å². The Hall–Kier alpha value is -0.890. The molecule has 0 bridgehead atoms. The molecule has 2 aromatic heterocycles. The van der Waals surface area contributed by atoms with Crippen molar-refractivity contribution < 1.29 is 34.1 Å². The van der Waals surface area contributed by atoms with Crippen molar-refractivity contribution in [3.05, 3.63) is 36.3 Å². The number of aromatic nitrogens is 2. The fraction of sp³-hybridized carbons (Fsp3) is 0.222. The first-order chi connectivity index (χ1) is 9.06. The molecule has 2 aromatic rings. The first kappa shape index (κ1) is 15.5. The Balaban J connectivity index is 2.52. The number of aliphatic hydroxyl groups is 1. The van der Waals surface area contributed by atoms with E-state index in [1.54, 1.807) is 18.2 Å². The zero-order chi connectivity index (χ0) is 15.2. The second kappa shape index (κ2) is 4.84. The normalized spacial score (nSPS) is 17.1. The molecule has 0 spiro atoms. The van der Waals surface area contributed by atoms with Crippen molar-refractivity contribution >= 4 is 21.2 Å². The number of pyridine rings is 1. The van der Waals surface area contributed by atoms with Gasteiger partial charge in [0.1, 0.15) is 0 Å². The molecule has 2 rings (SSSR count). The number of imidazole rings is 1. The third-order valence-electron chi connectivity index (χ3n) is 2.94. The molecule has 0 aromatic carbocycles. The summed E-state index contributed by atoms with van der Waals surface area (Å²) in [7, 11) is -10.9. The van der Waals surface area contributed by atoms with Crippen molar-refractivity contribution in [3.8, 4) is 0 Å².